The van der Waals surface area contributed by atoms with Gasteiger partial charge in [-0.3, -0.25) is 0 Å². The molecule has 0 fully saturated rings. The summed E-state index contributed by atoms with van der Waals surface area (Å²) in [4.78, 5) is 4.12. The average molecular weight is 239 g/mol. The Labute approximate surface area is 97.3 Å². The zero-order valence-electron chi connectivity index (χ0n) is 9.17. The molecule has 86 valence electrons. The molecule has 2 rings (SSSR count). The number of aromatic nitrogens is 4. The Morgan fingerprint density at radius 3 is 2.88 bits per heavy atom. The SMILES string of the molecule is Cc1ocnc1CSc1nnc(CN)n1C. The van der Waals surface area contributed by atoms with Crippen molar-refractivity contribution in [3.05, 3.63) is 23.7 Å². The predicted octanol–water partition coefficient (Wildman–Crippen LogP) is 0.863. The quantitative estimate of drug-likeness (QED) is 0.797. The molecule has 0 spiro atoms. The molecule has 0 saturated heterocycles. The number of nitrogens with zero attached hydrogens (tertiary/aromatic N) is 4. The zero-order chi connectivity index (χ0) is 11.5. The number of rotatable bonds is 4. The van der Waals surface area contributed by atoms with Crippen LogP contribution in [0, 0.1) is 6.92 Å². The van der Waals surface area contributed by atoms with Gasteiger partial charge < -0.3 is 14.7 Å². The Balaban J connectivity index is 2.05. The number of hydrogen-bond donors (Lipinski definition) is 1. The molecule has 2 aromatic heterocycles. The maximum absolute atomic E-state index is 5.52. The summed E-state index contributed by atoms with van der Waals surface area (Å²) in [6, 6.07) is 0. The van der Waals surface area contributed by atoms with Crippen LogP contribution in [0.5, 0.6) is 0 Å². The van der Waals surface area contributed by atoms with Crippen LogP contribution in [0.2, 0.25) is 0 Å². The molecule has 0 aromatic carbocycles. The molecule has 0 unspecified atom stereocenters. The summed E-state index contributed by atoms with van der Waals surface area (Å²) in [7, 11) is 1.90. The van der Waals surface area contributed by atoms with Crippen molar-refractivity contribution < 1.29 is 4.42 Å². The first kappa shape index (κ1) is 11.2. The summed E-state index contributed by atoms with van der Waals surface area (Å²) in [5, 5.41) is 8.87. The lowest BCUT2D eigenvalue weighted by molar-refractivity contribution is 0.525. The number of aryl methyl sites for hydroxylation is 1. The van der Waals surface area contributed by atoms with Crippen LogP contribution in [0.15, 0.2) is 16.0 Å². The first-order chi connectivity index (χ1) is 7.72. The van der Waals surface area contributed by atoms with Crippen molar-refractivity contribution in [2.24, 2.45) is 12.8 Å². The molecule has 0 bridgehead atoms. The van der Waals surface area contributed by atoms with Crippen molar-refractivity contribution in [3.8, 4) is 0 Å². The summed E-state index contributed by atoms with van der Waals surface area (Å²) >= 11 is 1.57. The van der Waals surface area contributed by atoms with Crippen molar-refractivity contribution in [1.82, 2.24) is 19.7 Å². The molecule has 0 aliphatic heterocycles. The molecule has 0 atom stereocenters. The van der Waals surface area contributed by atoms with Crippen molar-refractivity contribution in [1.29, 1.82) is 0 Å². The predicted molar refractivity (Wildman–Crippen MR) is 59.7 cm³/mol. The lowest BCUT2D eigenvalue weighted by atomic mass is 10.4. The highest BCUT2D eigenvalue weighted by molar-refractivity contribution is 7.98. The third-order valence-electron chi connectivity index (χ3n) is 2.29. The van der Waals surface area contributed by atoms with E-state index in [1.807, 2.05) is 18.5 Å². The van der Waals surface area contributed by atoms with E-state index in [9.17, 15) is 0 Å². The molecule has 16 heavy (non-hydrogen) atoms. The summed E-state index contributed by atoms with van der Waals surface area (Å²) in [5.41, 5.74) is 6.45. The zero-order valence-corrected chi connectivity index (χ0v) is 9.99. The Kier molecular flexibility index (Phi) is 3.25. The maximum atomic E-state index is 5.52. The fourth-order valence-electron chi connectivity index (χ4n) is 1.25. The van der Waals surface area contributed by atoms with Crippen molar-refractivity contribution in [2.45, 2.75) is 24.4 Å². The van der Waals surface area contributed by atoms with Crippen LogP contribution >= 0.6 is 11.8 Å². The summed E-state index contributed by atoms with van der Waals surface area (Å²) in [6.45, 7) is 2.29. The van der Waals surface area contributed by atoms with Crippen LogP contribution in [0.4, 0.5) is 0 Å². The van der Waals surface area contributed by atoms with Gasteiger partial charge in [0.15, 0.2) is 11.6 Å². The van der Waals surface area contributed by atoms with Crippen LogP contribution in [0.1, 0.15) is 17.3 Å². The Bertz CT molecular complexity index is 478. The first-order valence-electron chi connectivity index (χ1n) is 4.82. The van der Waals surface area contributed by atoms with Gasteiger partial charge in [-0.05, 0) is 6.92 Å². The molecular formula is C9H13N5OS. The molecule has 6 nitrogen and oxygen atoms in total. The van der Waals surface area contributed by atoms with Gasteiger partial charge in [0.05, 0.1) is 12.2 Å². The molecule has 0 aliphatic rings. The first-order valence-corrected chi connectivity index (χ1v) is 5.81. The van der Waals surface area contributed by atoms with E-state index < -0.39 is 0 Å². The van der Waals surface area contributed by atoms with Gasteiger partial charge in [-0.2, -0.15) is 0 Å². The Hall–Kier alpha value is -1.34. The third-order valence-corrected chi connectivity index (χ3v) is 3.32. The monoisotopic (exact) mass is 239 g/mol. The van der Waals surface area contributed by atoms with Gasteiger partial charge in [-0.25, -0.2) is 4.98 Å². The van der Waals surface area contributed by atoms with Gasteiger partial charge in [0.1, 0.15) is 11.6 Å². The second-order valence-corrected chi connectivity index (χ2v) is 4.25. The maximum Gasteiger partial charge on any atom is 0.191 e. The molecule has 2 heterocycles. The van der Waals surface area contributed by atoms with Crippen molar-refractivity contribution in [2.75, 3.05) is 0 Å². The molecule has 0 amide bonds. The molecule has 7 heteroatoms. The Morgan fingerprint density at radius 2 is 2.31 bits per heavy atom. The van der Waals surface area contributed by atoms with Gasteiger partial charge in [0, 0.05) is 12.8 Å². The minimum absolute atomic E-state index is 0.396. The normalized spacial score (nSPS) is 10.9. The largest absolute Gasteiger partial charge is 0.448 e. The molecule has 0 aliphatic carbocycles. The van der Waals surface area contributed by atoms with Crippen LogP contribution in [-0.4, -0.2) is 19.7 Å². The topological polar surface area (TPSA) is 82.8 Å². The molecule has 2 aromatic rings. The van der Waals surface area contributed by atoms with Crippen molar-refractivity contribution >= 4 is 11.8 Å². The van der Waals surface area contributed by atoms with E-state index in [1.54, 1.807) is 11.8 Å². The number of thioether (sulfide) groups is 1. The highest BCUT2D eigenvalue weighted by Gasteiger charge is 2.10. The Morgan fingerprint density at radius 1 is 1.50 bits per heavy atom. The minimum atomic E-state index is 0.396. The smallest absolute Gasteiger partial charge is 0.191 e. The molecule has 0 saturated carbocycles. The molecule has 2 N–H and O–H groups in total. The van der Waals surface area contributed by atoms with E-state index in [2.05, 4.69) is 15.2 Å². The van der Waals surface area contributed by atoms with Crippen LogP contribution in [0.25, 0.3) is 0 Å². The van der Waals surface area contributed by atoms with Gasteiger partial charge in [0.25, 0.3) is 0 Å². The fraction of sp³-hybridized carbons (Fsp3) is 0.444. The van der Waals surface area contributed by atoms with Crippen molar-refractivity contribution in [3.63, 3.8) is 0 Å². The highest BCUT2D eigenvalue weighted by Crippen LogP contribution is 2.21. The van der Waals surface area contributed by atoms with Gasteiger partial charge >= 0.3 is 0 Å². The third kappa shape index (κ3) is 2.10. The van der Waals surface area contributed by atoms with E-state index >= 15 is 0 Å². The second kappa shape index (κ2) is 4.67. The number of hydrogen-bond acceptors (Lipinski definition) is 6. The molecular weight excluding hydrogens is 226 g/mol. The fourth-order valence-corrected chi connectivity index (χ4v) is 2.19. The average Bonchev–Trinajstić information content (AvgIpc) is 2.83. The lowest BCUT2D eigenvalue weighted by Crippen LogP contribution is -2.05. The van der Waals surface area contributed by atoms with Gasteiger partial charge in [0.2, 0.25) is 0 Å². The summed E-state index contributed by atoms with van der Waals surface area (Å²) in [5.74, 6) is 2.34. The van der Waals surface area contributed by atoms with Crippen LogP contribution < -0.4 is 5.73 Å². The second-order valence-electron chi connectivity index (χ2n) is 3.31. The summed E-state index contributed by atoms with van der Waals surface area (Å²) < 4.78 is 7.01. The van der Waals surface area contributed by atoms with E-state index in [1.165, 1.54) is 6.39 Å². The number of nitrogens with two attached hydrogens (primary N) is 1. The highest BCUT2D eigenvalue weighted by atomic mass is 32.2. The molecule has 0 radical (unpaired) electrons. The van der Waals surface area contributed by atoms with E-state index in [-0.39, 0.29) is 0 Å². The van der Waals surface area contributed by atoms with Gasteiger partial charge in [-0.15, -0.1) is 10.2 Å². The van der Waals surface area contributed by atoms with Crippen LogP contribution in [-0.2, 0) is 19.3 Å². The van der Waals surface area contributed by atoms with Gasteiger partial charge in [-0.1, -0.05) is 11.8 Å². The van der Waals surface area contributed by atoms with Crippen LogP contribution in [0.3, 0.4) is 0 Å². The van der Waals surface area contributed by atoms with E-state index in [0.29, 0.717) is 6.54 Å². The van der Waals surface area contributed by atoms with E-state index in [4.69, 9.17) is 10.2 Å². The number of oxazole rings is 1. The minimum Gasteiger partial charge on any atom is -0.448 e. The lowest BCUT2D eigenvalue weighted by Gasteiger charge is -2.00. The van der Waals surface area contributed by atoms with E-state index in [0.717, 1.165) is 28.2 Å². The standard InChI is InChI=1S/C9H13N5OS/c1-6-7(11-5-15-6)4-16-9-13-12-8(3-10)14(9)2/h5H,3-4,10H2,1-2H3. The summed E-state index contributed by atoms with van der Waals surface area (Å²) in [6.07, 6.45) is 1.45.